The predicted octanol–water partition coefficient (Wildman–Crippen LogP) is 4.31. The largest absolute Gasteiger partial charge is 0.493 e. The highest BCUT2D eigenvalue weighted by molar-refractivity contribution is 9.10. The van der Waals surface area contributed by atoms with Gasteiger partial charge in [0.1, 0.15) is 0 Å². The van der Waals surface area contributed by atoms with Crippen LogP contribution in [0.1, 0.15) is 44.7 Å². The summed E-state index contributed by atoms with van der Waals surface area (Å²) in [5.74, 6) is 1.53. The maximum Gasteiger partial charge on any atom is 0.161 e. The van der Waals surface area contributed by atoms with E-state index in [4.69, 9.17) is 9.47 Å². The zero-order chi connectivity index (χ0) is 14.3. The van der Waals surface area contributed by atoms with E-state index >= 15 is 0 Å². The van der Waals surface area contributed by atoms with Crippen molar-refractivity contribution in [2.45, 2.75) is 39.2 Å². The van der Waals surface area contributed by atoms with Crippen LogP contribution in [0, 0.1) is 0 Å². The van der Waals surface area contributed by atoms with E-state index in [0.717, 1.165) is 28.9 Å². The molecular weight excluding hydrogens is 306 g/mol. The van der Waals surface area contributed by atoms with Crippen molar-refractivity contribution in [3.8, 4) is 11.5 Å². The summed E-state index contributed by atoms with van der Waals surface area (Å²) < 4.78 is 11.8. The molecule has 0 heterocycles. The van der Waals surface area contributed by atoms with Crippen LogP contribution in [-0.2, 0) is 0 Å². The Bertz CT molecular complexity index is 396. The Kier molecular flexibility index (Phi) is 7.24. The molecule has 1 aromatic rings. The number of hydrogen-bond acceptors (Lipinski definition) is 3. The number of hydrogen-bond donors (Lipinski definition) is 1. The molecule has 0 saturated carbocycles. The van der Waals surface area contributed by atoms with Crippen molar-refractivity contribution in [2.24, 2.45) is 0 Å². The van der Waals surface area contributed by atoms with Crippen LogP contribution in [0.5, 0.6) is 11.5 Å². The number of nitrogens with one attached hydrogen (secondary N) is 1. The molecule has 0 aliphatic carbocycles. The molecule has 4 heteroatoms. The molecule has 0 aliphatic rings. The highest BCUT2D eigenvalue weighted by atomic mass is 79.9. The minimum Gasteiger partial charge on any atom is -0.493 e. The molecule has 1 rings (SSSR count). The molecular formula is C15H24BrNO2. The number of unbranched alkanes of at least 4 members (excludes halogenated alkanes) is 1. The van der Waals surface area contributed by atoms with Crippen LogP contribution < -0.4 is 14.8 Å². The summed E-state index contributed by atoms with van der Waals surface area (Å²) in [6, 6.07) is 4.38. The van der Waals surface area contributed by atoms with Crippen LogP contribution in [0.15, 0.2) is 16.6 Å². The maximum atomic E-state index is 5.39. The fourth-order valence-corrected chi connectivity index (χ4v) is 2.76. The first kappa shape index (κ1) is 16.3. The van der Waals surface area contributed by atoms with E-state index in [1.807, 2.05) is 6.07 Å². The third-order valence-electron chi connectivity index (χ3n) is 3.18. The van der Waals surface area contributed by atoms with Gasteiger partial charge in [-0.1, -0.05) is 42.6 Å². The van der Waals surface area contributed by atoms with Crippen molar-refractivity contribution >= 4 is 15.9 Å². The zero-order valence-electron chi connectivity index (χ0n) is 12.3. The second-order valence-corrected chi connectivity index (χ2v) is 5.34. The van der Waals surface area contributed by atoms with Crippen molar-refractivity contribution < 1.29 is 9.47 Å². The van der Waals surface area contributed by atoms with Crippen LogP contribution in [0.2, 0.25) is 0 Å². The smallest absolute Gasteiger partial charge is 0.161 e. The van der Waals surface area contributed by atoms with E-state index in [9.17, 15) is 0 Å². The van der Waals surface area contributed by atoms with Gasteiger partial charge >= 0.3 is 0 Å². The molecule has 0 saturated heterocycles. The number of methoxy groups -OCH3 is 2. The molecule has 0 amide bonds. The topological polar surface area (TPSA) is 30.5 Å². The fourth-order valence-electron chi connectivity index (χ4n) is 2.16. The van der Waals surface area contributed by atoms with Crippen molar-refractivity contribution in [1.29, 1.82) is 0 Å². The van der Waals surface area contributed by atoms with E-state index in [1.54, 1.807) is 14.2 Å². The highest BCUT2D eigenvalue weighted by Crippen LogP contribution is 2.37. The second-order valence-electron chi connectivity index (χ2n) is 4.48. The van der Waals surface area contributed by atoms with Crippen LogP contribution >= 0.6 is 15.9 Å². The van der Waals surface area contributed by atoms with E-state index < -0.39 is 0 Å². The Morgan fingerprint density at radius 2 is 1.79 bits per heavy atom. The van der Waals surface area contributed by atoms with E-state index in [2.05, 4.69) is 41.2 Å². The van der Waals surface area contributed by atoms with Crippen molar-refractivity contribution in [2.75, 3.05) is 20.8 Å². The van der Waals surface area contributed by atoms with Crippen LogP contribution in [-0.4, -0.2) is 20.8 Å². The van der Waals surface area contributed by atoms with Gasteiger partial charge in [-0.2, -0.15) is 0 Å². The van der Waals surface area contributed by atoms with Gasteiger partial charge in [0.15, 0.2) is 11.5 Å². The average molecular weight is 330 g/mol. The zero-order valence-corrected chi connectivity index (χ0v) is 13.8. The lowest BCUT2D eigenvalue weighted by atomic mass is 10.0. The summed E-state index contributed by atoms with van der Waals surface area (Å²) >= 11 is 3.64. The van der Waals surface area contributed by atoms with Gasteiger partial charge in [-0.15, -0.1) is 0 Å². The molecule has 1 aromatic carbocycles. The summed E-state index contributed by atoms with van der Waals surface area (Å²) in [5.41, 5.74) is 1.23. The summed E-state index contributed by atoms with van der Waals surface area (Å²) in [4.78, 5) is 0. The number of benzene rings is 1. The lowest BCUT2D eigenvalue weighted by Gasteiger charge is -2.21. The van der Waals surface area contributed by atoms with Crippen molar-refractivity contribution in [1.82, 2.24) is 5.32 Å². The van der Waals surface area contributed by atoms with Gasteiger partial charge in [-0.25, -0.2) is 0 Å². The minimum absolute atomic E-state index is 0.346. The Hall–Kier alpha value is -0.740. The maximum absolute atomic E-state index is 5.39. The van der Waals surface area contributed by atoms with E-state index in [0.29, 0.717) is 6.04 Å². The predicted molar refractivity (Wildman–Crippen MR) is 83.2 cm³/mol. The van der Waals surface area contributed by atoms with Gasteiger partial charge in [0.2, 0.25) is 0 Å². The van der Waals surface area contributed by atoms with Crippen molar-refractivity contribution in [3.05, 3.63) is 22.2 Å². The van der Waals surface area contributed by atoms with E-state index in [-0.39, 0.29) is 0 Å². The minimum atomic E-state index is 0.346. The molecule has 0 fully saturated rings. The molecule has 108 valence electrons. The highest BCUT2D eigenvalue weighted by Gasteiger charge is 2.17. The normalized spacial score (nSPS) is 12.3. The van der Waals surface area contributed by atoms with E-state index in [1.165, 1.54) is 18.4 Å². The lowest BCUT2D eigenvalue weighted by molar-refractivity contribution is 0.353. The number of rotatable bonds is 8. The van der Waals surface area contributed by atoms with Gasteiger partial charge < -0.3 is 14.8 Å². The summed E-state index contributed by atoms with van der Waals surface area (Å²) in [6.45, 7) is 5.30. The Morgan fingerprint density at radius 3 is 2.32 bits per heavy atom. The van der Waals surface area contributed by atoms with Gasteiger partial charge in [0.05, 0.1) is 14.2 Å². The molecule has 0 aromatic heterocycles. The third kappa shape index (κ3) is 4.39. The number of halogens is 1. The first-order valence-corrected chi connectivity index (χ1v) is 7.61. The Labute approximate surface area is 124 Å². The van der Waals surface area contributed by atoms with Gasteiger partial charge in [0.25, 0.3) is 0 Å². The van der Waals surface area contributed by atoms with Crippen LogP contribution in [0.25, 0.3) is 0 Å². The van der Waals surface area contributed by atoms with Crippen LogP contribution in [0.4, 0.5) is 0 Å². The molecule has 1 atom stereocenters. The molecule has 0 aliphatic heterocycles. The van der Waals surface area contributed by atoms with Gasteiger partial charge in [-0.3, -0.25) is 0 Å². The van der Waals surface area contributed by atoms with Gasteiger partial charge in [0, 0.05) is 10.5 Å². The molecule has 0 radical (unpaired) electrons. The molecule has 19 heavy (non-hydrogen) atoms. The lowest BCUT2D eigenvalue weighted by Crippen LogP contribution is -2.21. The molecule has 0 bridgehead atoms. The Balaban J connectivity index is 3.07. The van der Waals surface area contributed by atoms with Gasteiger partial charge in [-0.05, 0) is 30.7 Å². The monoisotopic (exact) mass is 329 g/mol. The molecule has 1 unspecified atom stereocenters. The van der Waals surface area contributed by atoms with Crippen molar-refractivity contribution in [3.63, 3.8) is 0 Å². The average Bonchev–Trinajstić information content (AvgIpc) is 2.43. The molecule has 0 spiro atoms. The SMILES string of the molecule is CCCCC(NCC)c1cc(OC)c(OC)cc1Br. The first-order chi connectivity index (χ1) is 9.17. The molecule has 1 N–H and O–H groups in total. The fraction of sp³-hybridized carbons (Fsp3) is 0.600. The standard InChI is InChI=1S/C15H24BrNO2/c1-5-7-8-13(17-6-2)11-9-14(18-3)15(19-4)10-12(11)16/h9-10,13,17H,5-8H2,1-4H3. The third-order valence-corrected chi connectivity index (χ3v) is 3.86. The quantitative estimate of drug-likeness (QED) is 0.770. The Morgan fingerprint density at radius 1 is 1.16 bits per heavy atom. The number of ether oxygens (including phenoxy) is 2. The summed E-state index contributed by atoms with van der Waals surface area (Å²) in [5, 5.41) is 3.54. The second kappa shape index (κ2) is 8.43. The molecule has 3 nitrogen and oxygen atoms in total. The first-order valence-electron chi connectivity index (χ1n) is 6.82. The van der Waals surface area contributed by atoms with Crippen LogP contribution in [0.3, 0.4) is 0 Å². The summed E-state index contributed by atoms with van der Waals surface area (Å²) in [6.07, 6.45) is 3.53. The summed E-state index contributed by atoms with van der Waals surface area (Å²) in [7, 11) is 3.33.